The van der Waals surface area contributed by atoms with E-state index in [1.807, 2.05) is 6.07 Å². The molecule has 4 heteroatoms. The molecule has 0 saturated carbocycles. The Labute approximate surface area is 113 Å². The van der Waals surface area contributed by atoms with E-state index in [0.29, 0.717) is 6.04 Å². The molecule has 0 amide bonds. The summed E-state index contributed by atoms with van der Waals surface area (Å²) in [5.41, 5.74) is 2.98. The lowest BCUT2D eigenvalue weighted by atomic mass is 10.1. The fourth-order valence-corrected chi connectivity index (χ4v) is 2.62. The number of anilines is 1. The number of nitrogens with zero attached hydrogens (tertiary/aromatic N) is 1. The number of benzene rings is 1. The van der Waals surface area contributed by atoms with Gasteiger partial charge in [-0.2, -0.15) is 0 Å². The molecule has 0 spiro atoms. The van der Waals surface area contributed by atoms with Gasteiger partial charge in [-0.25, -0.2) is 4.98 Å². The summed E-state index contributed by atoms with van der Waals surface area (Å²) >= 11 is 0. The van der Waals surface area contributed by atoms with Crippen LogP contribution in [-0.2, 0) is 6.42 Å². The van der Waals surface area contributed by atoms with Crippen molar-refractivity contribution in [1.82, 2.24) is 10.3 Å². The normalized spacial score (nSPS) is 20.4. The first-order valence-corrected chi connectivity index (χ1v) is 7.22. The highest BCUT2D eigenvalue weighted by atomic mass is 16.3. The van der Waals surface area contributed by atoms with Gasteiger partial charge in [-0.15, -0.1) is 0 Å². The second-order valence-electron chi connectivity index (χ2n) is 5.17. The van der Waals surface area contributed by atoms with E-state index in [9.17, 15) is 0 Å². The van der Waals surface area contributed by atoms with Crippen molar-refractivity contribution in [2.45, 2.75) is 38.6 Å². The molecule has 1 unspecified atom stereocenters. The molecular formula is C15H21N3O. The zero-order valence-corrected chi connectivity index (χ0v) is 11.4. The van der Waals surface area contributed by atoms with Gasteiger partial charge in [0.25, 0.3) is 0 Å². The van der Waals surface area contributed by atoms with Gasteiger partial charge in [-0.1, -0.05) is 6.92 Å². The molecule has 1 aliphatic rings. The first-order chi connectivity index (χ1) is 9.35. The third kappa shape index (κ3) is 2.89. The average Bonchev–Trinajstić information content (AvgIpc) is 2.67. The van der Waals surface area contributed by atoms with E-state index in [-0.39, 0.29) is 0 Å². The molecular weight excluding hydrogens is 238 g/mol. The number of hydrogen-bond donors (Lipinski definition) is 2. The molecule has 0 aliphatic carbocycles. The quantitative estimate of drug-likeness (QED) is 0.889. The molecule has 1 aromatic heterocycles. The maximum absolute atomic E-state index is 5.63. The Morgan fingerprint density at radius 2 is 2.32 bits per heavy atom. The summed E-state index contributed by atoms with van der Waals surface area (Å²) in [6.45, 7) is 4.30. The maximum Gasteiger partial charge on any atom is 0.195 e. The molecule has 1 atom stereocenters. The first-order valence-electron chi connectivity index (χ1n) is 7.22. The summed E-state index contributed by atoms with van der Waals surface area (Å²) in [6, 6.07) is 6.75. The number of hydrogen-bond acceptors (Lipinski definition) is 4. The van der Waals surface area contributed by atoms with Crippen LogP contribution in [0.5, 0.6) is 0 Å². The third-order valence-electron chi connectivity index (χ3n) is 3.68. The zero-order chi connectivity index (χ0) is 13.1. The highest BCUT2D eigenvalue weighted by Gasteiger charge is 2.12. The fraction of sp³-hybridized carbons (Fsp3) is 0.533. The minimum Gasteiger partial charge on any atom is -0.441 e. The molecule has 2 N–H and O–H groups in total. The zero-order valence-electron chi connectivity index (χ0n) is 11.4. The lowest BCUT2D eigenvalue weighted by Crippen LogP contribution is -2.21. The summed E-state index contributed by atoms with van der Waals surface area (Å²) in [4.78, 5) is 4.48. The Balaban J connectivity index is 1.76. The number of fused-ring (bicyclic) bond motifs is 1. The van der Waals surface area contributed by atoms with Crippen LogP contribution in [0.1, 0.15) is 32.1 Å². The van der Waals surface area contributed by atoms with Crippen molar-refractivity contribution in [3.05, 3.63) is 24.1 Å². The lowest BCUT2D eigenvalue weighted by Gasteiger charge is -2.17. The van der Waals surface area contributed by atoms with Gasteiger partial charge in [0.2, 0.25) is 0 Å². The summed E-state index contributed by atoms with van der Waals surface area (Å²) < 4.78 is 5.63. The Bertz CT molecular complexity index is 541. The van der Waals surface area contributed by atoms with Crippen LogP contribution in [0.3, 0.4) is 0 Å². The van der Waals surface area contributed by atoms with E-state index < -0.39 is 0 Å². The second kappa shape index (κ2) is 5.61. The van der Waals surface area contributed by atoms with Crippen LogP contribution in [0.2, 0.25) is 0 Å². The monoisotopic (exact) mass is 259 g/mol. The van der Waals surface area contributed by atoms with Gasteiger partial charge in [0.15, 0.2) is 11.5 Å². The van der Waals surface area contributed by atoms with Gasteiger partial charge < -0.3 is 15.1 Å². The van der Waals surface area contributed by atoms with Crippen molar-refractivity contribution in [2.75, 3.05) is 18.4 Å². The van der Waals surface area contributed by atoms with Crippen molar-refractivity contribution in [3.63, 3.8) is 0 Å². The van der Waals surface area contributed by atoms with Gasteiger partial charge in [-0.3, -0.25) is 0 Å². The number of aryl methyl sites for hydroxylation is 1. The summed E-state index contributed by atoms with van der Waals surface area (Å²) in [7, 11) is 0. The van der Waals surface area contributed by atoms with Crippen LogP contribution < -0.4 is 10.6 Å². The van der Waals surface area contributed by atoms with Gasteiger partial charge in [0, 0.05) is 18.2 Å². The van der Waals surface area contributed by atoms with Crippen LogP contribution in [0.4, 0.5) is 5.69 Å². The van der Waals surface area contributed by atoms with Crippen molar-refractivity contribution in [1.29, 1.82) is 0 Å². The molecule has 1 fully saturated rings. The van der Waals surface area contributed by atoms with Crippen LogP contribution in [0.15, 0.2) is 22.6 Å². The van der Waals surface area contributed by atoms with Crippen molar-refractivity contribution < 1.29 is 4.42 Å². The molecule has 3 rings (SSSR count). The van der Waals surface area contributed by atoms with Crippen molar-refractivity contribution in [3.8, 4) is 0 Å². The van der Waals surface area contributed by atoms with Gasteiger partial charge in [0.05, 0.1) is 0 Å². The van der Waals surface area contributed by atoms with Crippen molar-refractivity contribution >= 4 is 16.8 Å². The SMILES string of the molecule is CCc1nc2cc(NC3CCCNCC3)ccc2o1. The Kier molecular flexibility index (Phi) is 3.69. The van der Waals surface area contributed by atoms with E-state index in [1.54, 1.807) is 0 Å². The van der Waals surface area contributed by atoms with Crippen LogP contribution in [-0.4, -0.2) is 24.1 Å². The van der Waals surface area contributed by atoms with E-state index >= 15 is 0 Å². The average molecular weight is 259 g/mol. The van der Waals surface area contributed by atoms with E-state index in [4.69, 9.17) is 4.42 Å². The standard InChI is InChI=1S/C15H21N3O/c1-2-15-18-13-10-12(5-6-14(13)19-15)17-11-4-3-8-16-9-7-11/h5-6,10-11,16-17H,2-4,7-9H2,1H3. The summed E-state index contributed by atoms with van der Waals surface area (Å²) in [5, 5.41) is 7.05. The minimum atomic E-state index is 0.560. The summed E-state index contributed by atoms with van der Waals surface area (Å²) in [5.74, 6) is 0.811. The Morgan fingerprint density at radius 3 is 3.21 bits per heavy atom. The Hall–Kier alpha value is -1.55. The molecule has 4 nitrogen and oxygen atoms in total. The summed E-state index contributed by atoms with van der Waals surface area (Å²) in [6.07, 6.45) is 4.48. The smallest absolute Gasteiger partial charge is 0.195 e. The van der Waals surface area contributed by atoms with Gasteiger partial charge in [-0.05, 0) is 50.6 Å². The molecule has 2 aromatic rings. The highest BCUT2D eigenvalue weighted by Crippen LogP contribution is 2.22. The van der Waals surface area contributed by atoms with E-state index in [1.165, 1.54) is 19.3 Å². The second-order valence-corrected chi connectivity index (χ2v) is 5.17. The number of rotatable bonds is 3. The fourth-order valence-electron chi connectivity index (χ4n) is 2.62. The first kappa shape index (κ1) is 12.5. The van der Waals surface area contributed by atoms with Gasteiger partial charge >= 0.3 is 0 Å². The van der Waals surface area contributed by atoms with E-state index in [0.717, 1.165) is 42.2 Å². The lowest BCUT2D eigenvalue weighted by molar-refractivity contribution is 0.538. The van der Waals surface area contributed by atoms with E-state index in [2.05, 4.69) is 34.7 Å². The number of aromatic nitrogens is 1. The molecule has 0 radical (unpaired) electrons. The molecule has 0 bridgehead atoms. The topological polar surface area (TPSA) is 50.1 Å². The molecule has 102 valence electrons. The largest absolute Gasteiger partial charge is 0.441 e. The van der Waals surface area contributed by atoms with Gasteiger partial charge in [0.1, 0.15) is 5.52 Å². The third-order valence-corrected chi connectivity index (χ3v) is 3.68. The van der Waals surface area contributed by atoms with Crippen LogP contribution in [0, 0.1) is 0 Å². The van der Waals surface area contributed by atoms with Crippen LogP contribution in [0.25, 0.3) is 11.1 Å². The molecule has 19 heavy (non-hydrogen) atoms. The number of nitrogens with one attached hydrogen (secondary N) is 2. The Morgan fingerprint density at radius 1 is 1.37 bits per heavy atom. The predicted octanol–water partition coefficient (Wildman–Crippen LogP) is 2.94. The molecule has 2 heterocycles. The molecule has 1 aliphatic heterocycles. The minimum absolute atomic E-state index is 0.560. The highest BCUT2D eigenvalue weighted by molar-refractivity contribution is 5.77. The van der Waals surface area contributed by atoms with Crippen molar-refractivity contribution in [2.24, 2.45) is 0 Å². The predicted molar refractivity (Wildman–Crippen MR) is 77.5 cm³/mol. The molecule has 1 saturated heterocycles. The molecule has 1 aromatic carbocycles. The van der Waals surface area contributed by atoms with Crippen LogP contribution >= 0.6 is 0 Å². The number of oxazole rings is 1. The maximum atomic E-state index is 5.63.